The van der Waals surface area contributed by atoms with Gasteiger partial charge in [-0.2, -0.15) is 0 Å². The summed E-state index contributed by atoms with van der Waals surface area (Å²) in [5.74, 6) is 0.318. The first-order chi connectivity index (χ1) is 16.8. The van der Waals surface area contributed by atoms with Gasteiger partial charge in [0.2, 0.25) is 0 Å². The Morgan fingerprint density at radius 1 is 0.857 bits per heavy atom. The van der Waals surface area contributed by atoms with Crippen LogP contribution < -0.4 is 15.5 Å². The molecule has 10 heteroatoms. The van der Waals surface area contributed by atoms with Gasteiger partial charge in [0.05, 0.1) is 21.8 Å². The first-order valence-electron chi connectivity index (χ1n) is 11.3. The molecule has 1 aromatic carbocycles. The van der Waals surface area contributed by atoms with Crippen LogP contribution in [0.25, 0.3) is 0 Å². The summed E-state index contributed by atoms with van der Waals surface area (Å²) in [7, 11) is 0. The zero-order valence-electron chi connectivity index (χ0n) is 19.5. The summed E-state index contributed by atoms with van der Waals surface area (Å²) in [6, 6.07) is 12.0. The van der Waals surface area contributed by atoms with Gasteiger partial charge in [-0.15, -0.1) is 0 Å². The Balaban J connectivity index is 1.44. The Morgan fingerprint density at radius 3 is 2.23 bits per heavy atom. The van der Waals surface area contributed by atoms with Crippen molar-refractivity contribution in [2.45, 2.75) is 19.9 Å². The molecule has 1 aliphatic rings. The fraction of sp³-hybridized carbons (Fsp3) is 0.280. The molecule has 3 aromatic rings. The van der Waals surface area contributed by atoms with E-state index < -0.39 is 5.91 Å². The van der Waals surface area contributed by atoms with E-state index in [4.69, 9.17) is 23.2 Å². The van der Waals surface area contributed by atoms with Crippen molar-refractivity contribution in [3.63, 3.8) is 0 Å². The average molecular weight is 513 g/mol. The van der Waals surface area contributed by atoms with E-state index >= 15 is 0 Å². The second kappa shape index (κ2) is 11.0. The molecule has 0 atom stereocenters. The maximum Gasteiger partial charge on any atom is 0.258 e. The number of hydrogen-bond acceptors (Lipinski definition) is 6. The predicted octanol–water partition coefficient (Wildman–Crippen LogP) is 4.82. The number of amides is 2. The fourth-order valence-corrected chi connectivity index (χ4v) is 4.10. The third kappa shape index (κ3) is 6.28. The molecular weight excluding hydrogens is 487 g/mol. The van der Waals surface area contributed by atoms with Crippen molar-refractivity contribution in [2.75, 3.05) is 41.7 Å². The minimum atomic E-state index is -0.466. The zero-order valence-corrected chi connectivity index (χ0v) is 21.0. The molecule has 1 aliphatic heterocycles. The molecule has 2 N–H and O–H groups in total. The summed E-state index contributed by atoms with van der Waals surface area (Å²) in [5, 5.41) is 6.28. The molecule has 8 nitrogen and oxygen atoms in total. The van der Waals surface area contributed by atoms with Gasteiger partial charge in [-0.3, -0.25) is 14.5 Å². The number of carbonyl (C=O) groups excluding carboxylic acids is 2. The molecule has 2 aromatic heterocycles. The normalized spacial score (nSPS) is 14.1. The smallest absolute Gasteiger partial charge is 0.258 e. The molecule has 3 heterocycles. The SMILES string of the molecule is CC(C)N1CCN(c2ccc(C(=O)Nc3ccc(Cl)cc3C(=O)Nc3ccc(Cl)cn3)cn2)CC1. The van der Waals surface area contributed by atoms with Gasteiger partial charge in [0.25, 0.3) is 11.8 Å². The predicted molar refractivity (Wildman–Crippen MR) is 140 cm³/mol. The summed E-state index contributed by atoms with van der Waals surface area (Å²) >= 11 is 12.0. The van der Waals surface area contributed by atoms with E-state index in [-0.39, 0.29) is 11.5 Å². The second-order valence-corrected chi connectivity index (χ2v) is 9.35. The Kier molecular flexibility index (Phi) is 7.85. The highest BCUT2D eigenvalue weighted by atomic mass is 35.5. The number of nitrogens with one attached hydrogen (secondary N) is 2. The molecule has 182 valence electrons. The summed E-state index contributed by atoms with van der Waals surface area (Å²) in [6.07, 6.45) is 2.98. The Labute approximate surface area is 214 Å². The Bertz CT molecular complexity index is 1190. The Morgan fingerprint density at radius 2 is 1.60 bits per heavy atom. The van der Waals surface area contributed by atoms with Crippen LogP contribution in [0.15, 0.2) is 54.9 Å². The van der Waals surface area contributed by atoms with Crippen LogP contribution in [0.3, 0.4) is 0 Å². The van der Waals surface area contributed by atoms with E-state index in [1.54, 1.807) is 36.5 Å². The molecule has 0 saturated carbocycles. The van der Waals surface area contributed by atoms with Crippen LogP contribution in [0.4, 0.5) is 17.3 Å². The monoisotopic (exact) mass is 512 g/mol. The van der Waals surface area contributed by atoms with Crippen LogP contribution >= 0.6 is 23.2 Å². The summed E-state index contributed by atoms with van der Waals surface area (Å²) < 4.78 is 0. The number of pyridine rings is 2. The molecule has 35 heavy (non-hydrogen) atoms. The minimum Gasteiger partial charge on any atom is -0.354 e. The first-order valence-corrected chi connectivity index (χ1v) is 12.0. The van der Waals surface area contributed by atoms with Crippen molar-refractivity contribution in [2.24, 2.45) is 0 Å². The van der Waals surface area contributed by atoms with Gasteiger partial charge in [-0.25, -0.2) is 9.97 Å². The summed E-state index contributed by atoms with van der Waals surface area (Å²) in [6.45, 7) is 8.14. The molecule has 0 bridgehead atoms. The van der Waals surface area contributed by atoms with Gasteiger partial charge in [-0.1, -0.05) is 23.2 Å². The van der Waals surface area contributed by atoms with Crippen molar-refractivity contribution in [1.82, 2.24) is 14.9 Å². The molecular formula is C25H26Cl2N6O2. The van der Waals surface area contributed by atoms with E-state index in [0.29, 0.717) is 33.2 Å². The number of aromatic nitrogens is 2. The van der Waals surface area contributed by atoms with Gasteiger partial charge < -0.3 is 15.5 Å². The number of piperazine rings is 1. The van der Waals surface area contributed by atoms with Gasteiger partial charge in [0.1, 0.15) is 11.6 Å². The molecule has 0 aliphatic carbocycles. The highest BCUT2D eigenvalue weighted by Gasteiger charge is 2.20. The molecule has 2 amide bonds. The minimum absolute atomic E-state index is 0.204. The summed E-state index contributed by atoms with van der Waals surface area (Å²) in [4.78, 5) is 39.0. The molecule has 1 saturated heterocycles. The average Bonchev–Trinajstić information content (AvgIpc) is 2.86. The van der Waals surface area contributed by atoms with Crippen LogP contribution in [0.5, 0.6) is 0 Å². The zero-order chi connectivity index (χ0) is 24.9. The fourth-order valence-electron chi connectivity index (χ4n) is 3.82. The van der Waals surface area contributed by atoms with Crippen LogP contribution in [0.1, 0.15) is 34.6 Å². The number of halogens is 2. The lowest BCUT2D eigenvalue weighted by Gasteiger charge is -2.37. The number of hydrogen-bond donors (Lipinski definition) is 2. The van der Waals surface area contributed by atoms with E-state index in [1.165, 1.54) is 12.3 Å². The lowest BCUT2D eigenvalue weighted by molar-refractivity contribution is 0.102. The number of anilines is 3. The highest BCUT2D eigenvalue weighted by Crippen LogP contribution is 2.23. The van der Waals surface area contributed by atoms with Crippen molar-refractivity contribution in [3.05, 3.63) is 76.0 Å². The van der Waals surface area contributed by atoms with E-state index in [2.05, 4.69) is 44.2 Å². The van der Waals surface area contributed by atoms with Crippen molar-refractivity contribution in [1.29, 1.82) is 0 Å². The van der Waals surface area contributed by atoms with Gasteiger partial charge in [0, 0.05) is 49.6 Å². The number of rotatable bonds is 6. The van der Waals surface area contributed by atoms with E-state index in [1.807, 2.05) is 6.07 Å². The van der Waals surface area contributed by atoms with Crippen molar-refractivity contribution in [3.8, 4) is 0 Å². The van der Waals surface area contributed by atoms with Crippen molar-refractivity contribution < 1.29 is 9.59 Å². The quantitative estimate of drug-likeness (QED) is 0.492. The van der Waals surface area contributed by atoms with Crippen LogP contribution in [0.2, 0.25) is 10.0 Å². The standard InChI is InChI=1S/C25H26Cl2N6O2/c1-16(2)32-9-11-33(12-10-32)23-8-3-17(14-29-23)24(34)30-21-6-4-18(26)13-20(21)25(35)31-22-7-5-19(27)15-28-22/h3-8,13-16H,9-12H2,1-2H3,(H,30,34)(H,28,31,35). The second-order valence-electron chi connectivity index (χ2n) is 8.48. The molecule has 0 spiro atoms. The third-order valence-electron chi connectivity index (χ3n) is 5.82. The van der Waals surface area contributed by atoms with Crippen LogP contribution in [0, 0.1) is 0 Å². The lowest BCUT2D eigenvalue weighted by Crippen LogP contribution is -2.49. The lowest BCUT2D eigenvalue weighted by atomic mass is 10.1. The van der Waals surface area contributed by atoms with E-state index in [9.17, 15) is 9.59 Å². The van der Waals surface area contributed by atoms with Crippen LogP contribution in [-0.4, -0.2) is 58.9 Å². The third-order valence-corrected chi connectivity index (χ3v) is 6.28. The maximum absolute atomic E-state index is 12.9. The topological polar surface area (TPSA) is 90.5 Å². The Hall–Kier alpha value is -3.20. The maximum atomic E-state index is 12.9. The van der Waals surface area contributed by atoms with Gasteiger partial charge in [-0.05, 0) is 56.3 Å². The largest absolute Gasteiger partial charge is 0.354 e. The number of benzene rings is 1. The number of carbonyl (C=O) groups is 2. The van der Waals surface area contributed by atoms with Gasteiger partial charge in [0.15, 0.2) is 0 Å². The molecule has 0 unspecified atom stereocenters. The van der Waals surface area contributed by atoms with Gasteiger partial charge >= 0.3 is 0 Å². The first kappa shape index (κ1) is 24.9. The highest BCUT2D eigenvalue weighted by molar-refractivity contribution is 6.31. The summed E-state index contributed by atoms with van der Waals surface area (Å²) in [5.41, 5.74) is 0.908. The van der Waals surface area contributed by atoms with Crippen LogP contribution in [-0.2, 0) is 0 Å². The number of nitrogens with zero attached hydrogens (tertiary/aromatic N) is 4. The molecule has 4 rings (SSSR count). The van der Waals surface area contributed by atoms with Crippen molar-refractivity contribution >= 4 is 52.3 Å². The molecule has 0 radical (unpaired) electrons. The van der Waals surface area contributed by atoms with E-state index in [0.717, 1.165) is 32.0 Å². The molecule has 1 fully saturated rings.